The first-order valence-corrected chi connectivity index (χ1v) is 11.8. The van der Waals surface area contributed by atoms with E-state index in [0.29, 0.717) is 29.4 Å². The average Bonchev–Trinajstić information content (AvgIpc) is 3.58. The summed E-state index contributed by atoms with van der Waals surface area (Å²) in [6.45, 7) is 15.5. The highest BCUT2D eigenvalue weighted by Gasteiger charge is 2.34. The van der Waals surface area contributed by atoms with Crippen LogP contribution in [0.5, 0.6) is 0 Å². The first-order chi connectivity index (χ1) is 15.4. The molecule has 0 heterocycles. The van der Waals surface area contributed by atoms with Gasteiger partial charge in [0.25, 0.3) is 0 Å². The first kappa shape index (κ1) is 28.9. The molecule has 0 aliphatic heterocycles. The van der Waals surface area contributed by atoms with Crippen molar-refractivity contribution in [3.8, 4) is 0 Å². The molecular formula is C26H39FN2O3S. The SMILES string of the molecule is C\C=C(/C=C(F)\C(C)=N\C(CC)=C(\OCCOC)C(C)=O)N(C(C)=S)C(C)(C)C(C)=C1CC1. The number of carbonyl (C=O) groups excluding carboxylic acids is 1. The number of allylic oxidation sites excluding steroid dienone is 6. The second kappa shape index (κ2) is 12.9. The van der Waals surface area contributed by atoms with Crippen LogP contribution in [0, 0.1) is 0 Å². The monoisotopic (exact) mass is 478 g/mol. The van der Waals surface area contributed by atoms with Gasteiger partial charge >= 0.3 is 0 Å². The van der Waals surface area contributed by atoms with E-state index >= 15 is 4.39 Å². The van der Waals surface area contributed by atoms with E-state index in [9.17, 15) is 4.79 Å². The van der Waals surface area contributed by atoms with Gasteiger partial charge in [-0.3, -0.25) is 9.79 Å². The predicted octanol–water partition coefficient (Wildman–Crippen LogP) is 6.62. The summed E-state index contributed by atoms with van der Waals surface area (Å²) in [5.41, 5.74) is 3.54. The van der Waals surface area contributed by atoms with E-state index in [0.717, 1.165) is 12.8 Å². The van der Waals surface area contributed by atoms with Crippen LogP contribution in [0.15, 0.2) is 51.3 Å². The summed E-state index contributed by atoms with van der Waals surface area (Å²) in [5.74, 6) is -0.620. The Hall–Kier alpha value is -2.12. The van der Waals surface area contributed by atoms with Gasteiger partial charge in [0, 0.05) is 19.7 Å². The fraction of sp³-hybridized carbons (Fsp3) is 0.577. The lowest BCUT2D eigenvalue weighted by Gasteiger charge is -2.41. The van der Waals surface area contributed by atoms with Gasteiger partial charge in [-0.25, -0.2) is 4.39 Å². The van der Waals surface area contributed by atoms with Gasteiger partial charge in [0.05, 0.1) is 28.5 Å². The van der Waals surface area contributed by atoms with Crippen LogP contribution in [0.25, 0.3) is 0 Å². The topological polar surface area (TPSA) is 51.1 Å². The van der Waals surface area contributed by atoms with Gasteiger partial charge in [-0.2, -0.15) is 0 Å². The molecule has 0 aromatic rings. The first-order valence-electron chi connectivity index (χ1n) is 11.4. The third-order valence-electron chi connectivity index (χ3n) is 5.75. The summed E-state index contributed by atoms with van der Waals surface area (Å²) in [5, 5.41) is 0. The van der Waals surface area contributed by atoms with Crippen LogP contribution < -0.4 is 0 Å². The summed E-state index contributed by atoms with van der Waals surface area (Å²) < 4.78 is 25.9. The normalized spacial score (nSPS) is 15.8. The summed E-state index contributed by atoms with van der Waals surface area (Å²) in [6, 6.07) is 0. The second-order valence-electron chi connectivity index (χ2n) is 8.57. The van der Waals surface area contributed by atoms with Crippen molar-refractivity contribution >= 4 is 28.7 Å². The summed E-state index contributed by atoms with van der Waals surface area (Å²) >= 11 is 5.56. The molecule has 0 aromatic heterocycles. The molecule has 7 heteroatoms. The van der Waals surface area contributed by atoms with Crippen molar-refractivity contribution in [2.45, 2.75) is 80.2 Å². The molecule has 1 aliphatic rings. The predicted molar refractivity (Wildman–Crippen MR) is 138 cm³/mol. The van der Waals surface area contributed by atoms with Crippen molar-refractivity contribution in [3.05, 3.63) is 46.3 Å². The zero-order valence-electron chi connectivity index (χ0n) is 21.6. The maximum Gasteiger partial charge on any atom is 0.196 e. The molecule has 0 atom stereocenters. The summed E-state index contributed by atoms with van der Waals surface area (Å²) in [7, 11) is 1.55. The largest absolute Gasteiger partial charge is 0.486 e. The van der Waals surface area contributed by atoms with Crippen LogP contribution in [0.4, 0.5) is 4.39 Å². The minimum Gasteiger partial charge on any atom is -0.486 e. The Labute approximate surface area is 204 Å². The van der Waals surface area contributed by atoms with Gasteiger partial charge in [-0.15, -0.1) is 0 Å². The Bertz CT molecular complexity index is 904. The van der Waals surface area contributed by atoms with Gasteiger partial charge < -0.3 is 14.4 Å². The lowest BCUT2D eigenvalue weighted by Crippen LogP contribution is -2.46. The highest BCUT2D eigenvalue weighted by Crippen LogP contribution is 2.40. The molecule has 0 bridgehead atoms. The molecule has 0 N–H and O–H groups in total. The fourth-order valence-electron chi connectivity index (χ4n) is 3.61. The molecule has 0 unspecified atom stereocenters. The van der Waals surface area contributed by atoms with E-state index in [4.69, 9.17) is 21.7 Å². The highest BCUT2D eigenvalue weighted by atomic mass is 32.1. The summed E-state index contributed by atoms with van der Waals surface area (Å²) in [4.78, 5) is 19.1. The number of Topliss-reactive ketones (excluding diaryl/α,β-unsaturated/α-hetero) is 1. The Morgan fingerprint density at radius 2 is 1.82 bits per heavy atom. The number of ether oxygens (including phenoxy) is 2. The molecule has 5 nitrogen and oxygen atoms in total. The Morgan fingerprint density at radius 1 is 1.21 bits per heavy atom. The van der Waals surface area contributed by atoms with Gasteiger partial charge in [0.2, 0.25) is 0 Å². The number of methoxy groups -OCH3 is 1. The fourth-order valence-corrected chi connectivity index (χ4v) is 3.94. The lowest BCUT2D eigenvalue weighted by atomic mass is 9.91. The maximum atomic E-state index is 15.3. The molecule has 1 saturated carbocycles. The molecule has 33 heavy (non-hydrogen) atoms. The van der Waals surface area contributed by atoms with Gasteiger partial charge in [-0.05, 0) is 72.5 Å². The number of thiocarbonyl (C=S) groups is 1. The second-order valence-corrected chi connectivity index (χ2v) is 9.16. The standard InChI is InChI=1S/C26H39FN2O3S/c1-10-22(29(20(6)33)26(7,8)17(3)21-12-13-21)16-23(27)18(4)28-24(11-2)25(19(5)30)32-15-14-31-9/h10,16H,11-15H2,1-9H3/b22-10+,23-16+,25-24+,28-18+. The molecule has 0 spiro atoms. The zero-order chi connectivity index (χ0) is 25.3. The molecule has 1 rings (SSSR count). The van der Waals surface area contributed by atoms with Crippen LogP contribution in [-0.4, -0.2) is 47.2 Å². The number of carbonyl (C=O) groups is 1. The van der Waals surface area contributed by atoms with E-state index in [1.54, 1.807) is 14.0 Å². The van der Waals surface area contributed by atoms with Gasteiger partial charge in [0.1, 0.15) is 12.4 Å². The number of hydrogen-bond donors (Lipinski definition) is 0. The number of rotatable bonds is 12. The quantitative estimate of drug-likeness (QED) is 0.0600. The van der Waals surface area contributed by atoms with Crippen LogP contribution in [0.2, 0.25) is 0 Å². The highest BCUT2D eigenvalue weighted by molar-refractivity contribution is 7.80. The Kier molecular flexibility index (Phi) is 11.3. The Morgan fingerprint density at radius 3 is 2.24 bits per heavy atom. The smallest absolute Gasteiger partial charge is 0.196 e. The van der Waals surface area contributed by atoms with Crippen molar-refractivity contribution in [1.82, 2.24) is 4.90 Å². The minimum atomic E-state index is -0.498. The maximum absolute atomic E-state index is 15.3. The third-order valence-corrected chi connectivity index (χ3v) is 5.93. The zero-order valence-corrected chi connectivity index (χ0v) is 22.4. The minimum absolute atomic E-state index is 0.136. The van der Waals surface area contributed by atoms with Crippen LogP contribution >= 0.6 is 12.2 Å². The van der Waals surface area contributed by atoms with Crippen molar-refractivity contribution in [1.29, 1.82) is 0 Å². The van der Waals surface area contributed by atoms with E-state index < -0.39 is 5.83 Å². The molecule has 0 saturated heterocycles. The average molecular weight is 479 g/mol. The van der Waals surface area contributed by atoms with Gasteiger partial charge in [-0.1, -0.05) is 30.8 Å². The molecule has 0 amide bonds. The van der Waals surface area contributed by atoms with Crippen molar-refractivity contribution in [3.63, 3.8) is 0 Å². The van der Waals surface area contributed by atoms with E-state index in [2.05, 4.69) is 25.8 Å². The molecule has 1 fully saturated rings. The molecular weight excluding hydrogens is 439 g/mol. The van der Waals surface area contributed by atoms with Crippen LogP contribution in [0.1, 0.15) is 74.7 Å². The Balaban J connectivity index is 3.37. The van der Waals surface area contributed by atoms with E-state index in [1.807, 2.05) is 31.7 Å². The molecule has 1 aliphatic carbocycles. The van der Waals surface area contributed by atoms with Crippen LogP contribution in [0.3, 0.4) is 0 Å². The number of hydrogen-bond acceptors (Lipinski definition) is 5. The molecule has 0 radical (unpaired) electrons. The van der Waals surface area contributed by atoms with Crippen molar-refractivity contribution in [2.24, 2.45) is 4.99 Å². The third kappa shape index (κ3) is 8.00. The summed E-state index contributed by atoms with van der Waals surface area (Å²) in [6.07, 6.45) is 5.94. The van der Waals surface area contributed by atoms with Crippen molar-refractivity contribution in [2.75, 3.05) is 20.3 Å². The van der Waals surface area contributed by atoms with Crippen LogP contribution in [-0.2, 0) is 14.3 Å². The molecule has 0 aromatic carbocycles. The van der Waals surface area contributed by atoms with E-state index in [1.165, 1.54) is 24.1 Å². The van der Waals surface area contributed by atoms with E-state index in [-0.39, 0.29) is 29.4 Å². The lowest BCUT2D eigenvalue weighted by molar-refractivity contribution is -0.117. The van der Waals surface area contributed by atoms with Crippen molar-refractivity contribution < 1.29 is 18.7 Å². The number of aliphatic imine (C=N–C) groups is 1. The number of ketones is 1. The molecule has 184 valence electrons. The number of halogens is 1. The van der Waals surface area contributed by atoms with Gasteiger partial charge in [0.15, 0.2) is 11.5 Å². The number of nitrogens with zero attached hydrogens (tertiary/aromatic N) is 2.